The fourth-order valence-electron chi connectivity index (χ4n) is 0.601. The van der Waals surface area contributed by atoms with E-state index in [1.165, 1.54) is 19.3 Å². The van der Waals surface area contributed by atoms with Gasteiger partial charge in [0.1, 0.15) is 0 Å². The topological polar surface area (TPSA) is 9.23 Å². The number of hydrogen-bond acceptors (Lipinski definition) is 1. The average molecular weight is 113 g/mol. The molecule has 0 heterocycles. The summed E-state index contributed by atoms with van der Waals surface area (Å²) < 4.78 is 4.14. The summed E-state index contributed by atoms with van der Waals surface area (Å²) in [5.74, 6) is 0. The molecule has 0 aromatic heterocycles. The molecule has 0 N–H and O–H groups in total. The number of hydrogen-bond donors (Lipinski definition) is 0. The number of ether oxygens (including phenoxy) is 1. The lowest BCUT2D eigenvalue weighted by molar-refractivity contribution is 0.234. The fraction of sp³-hybridized carbons (Fsp3) is 0.857. The molecule has 0 fully saturated rings. The second-order valence-electron chi connectivity index (χ2n) is 1.91. The van der Waals surface area contributed by atoms with Crippen LogP contribution in [0.25, 0.3) is 0 Å². The predicted octanol–water partition coefficient (Wildman–Crippen LogP) is 2.13. The van der Waals surface area contributed by atoms with Crippen molar-refractivity contribution in [3.63, 3.8) is 0 Å². The van der Waals surface area contributed by atoms with Gasteiger partial charge in [-0.3, -0.25) is 0 Å². The van der Waals surface area contributed by atoms with Crippen LogP contribution in [0, 0.1) is 7.11 Å². The highest BCUT2D eigenvalue weighted by Gasteiger charge is 1.83. The molecule has 0 amide bonds. The van der Waals surface area contributed by atoms with Gasteiger partial charge in [0.2, 0.25) is 0 Å². The van der Waals surface area contributed by atoms with E-state index in [0.29, 0.717) is 6.61 Å². The molecule has 0 spiro atoms. The first kappa shape index (κ1) is 7.96. The highest BCUT2D eigenvalue weighted by Crippen LogP contribution is 1.97. The minimum absolute atomic E-state index is 0.597. The largest absolute Gasteiger partial charge is 0.365 e. The molecule has 3 radical (unpaired) electrons. The first-order valence-corrected chi connectivity index (χ1v) is 3.20. The Kier molecular flexibility index (Phi) is 6.93. The van der Waals surface area contributed by atoms with E-state index in [1.807, 2.05) is 0 Å². The summed E-state index contributed by atoms with van der Waals surface area (Å²) in [6, 6.07) is 0. The predicted molar refractivity (Wildman–Crippen MR) is 33.3 cm³/mol. The molecule has 0 rings (SSSR count). The van der Waals surface area contributed by atoms with Gasteiger partial charge in [0.15, 0.2) is 7.11 Å². The zero-order chi connectivity index (χ0) is 6.24. The van der Waals surface area contributed by atoms with Crippen LogP contribution in [0.4, 0.5) is 0 Å². The molecule has 47 valence electrons. The van der Waals surface area contributed by atoms with Gasteiger partial charge in [-0.15, -0.1) is 0 Å². The van der Waals surface area contributed by atoms with E-state index in [2.05, 4.69) is 11.7 Å². The molecule has 0 saturated carbocycles. The Morgan fingerprint density at radius 2 is 2.00 bits per heavy atom. The molecular weight excluding hydrogens is 100 g/mol. The molecule has 0 aliphatic rings. The van der Waals surface area contributed by atoms with Gasteiger partial charge in [-0.1, -0.05) is 26.2 Å². The highest BCUT2D eigenvalue weighted by atomic mass is 16.5. The molecule has 0 aromatic carbocycles. The molecule has 1 heteroatoms. The summed E-state index contributed by atoms with van der Waals surface area (Å²) in [6.45, 7) is 2.77. The minimum Gasteiger partial charge on any atom is -0.365 e. The van der Waals surface area contributed by atoms with E-state index in [1.54, 1.807) is 0 Å². The van der Waals surface area contributed by atoms with Crippen LogP contribution < -0.4 is 0 Å². The Morgan fingerprint density at radius 1 is 1.25 bits per heavy atom. The second-order valence-corrected chi connectivity index (χ2v) is 1.91. The van der Waals surface area contributed by atoms with Crippen molar-refractivity contribution >= 4 is 0 Å². The van der Waals surface area contributed by atoms with Gasteiger partial charge in [0, 0.05) is 6.61 Å². The normalized spacial score (nSPS) is 9.75. The number of unbranched alkanes of at least 4 members (excludes halogenated alkanes) is 3. The molecule has 0 aliphatic carbocycles. The second kappa shape index (κ2) is 6.96. The van der Waals surface area contributed by atoms with E-state index in [4.69, 9.17) is 7.11 Å². The van der Waals surface area contributed by atoms with Crippen molar-refractivity contribution in [3.8, 4) is 0 Å². The Bertz CT molecular complexity index is 29.4. The van der Waals surface area contributed by atoms with Gasteiger partial charge < -0.3 is 4.74 Å². The average Bonchev–Trinajstić information content (AvgIpc) is 1.81. The van der Waals surface area contributed by atoms with Gasteiger partial charge in [-0.05, 0) is 6.42 Å². The first-order valence-electron chi connectivity index (χ1n) is 3.20. The van der Waals surface area contributed by atoms with Crippen LogP contribution in [-0.4, -0.2) is 6.61 Å². The van der Waals surface area contributed by atoms with E-state index in [9.17, 15) is 0 Å². The summed E-state index contributed by atoms with van der Waals surface area (Å²) in [6.07, 6.45) is 4.76. The minimum atomic E-state index is 0.597. The smallest absolute Gasteiger partial charge is 0.173 e. The maximum atomic E-state index is 6.34. The maximum absolute atomic E-state index is 6.34. The van der Waals surface area contributed by atoms with Gasteiger partial charge in [-0.25, -0.2) is 0 Å². The summed E-state index contributed by atoms with van der Waals surface area (Å²) in [5, 5.41) is 0. The highest BCUT2D eigenvalue weighted by molar-refractivity contribution is 4.37. The van der Waals surface area contributed by atoms with Crippen LogP contribution in [0.5, 0.6) is 0 Å². The molecular formula is C7H13O. The van der Waals surface area contributed by atoms with Crippen molar-refractivity contribution in [1.29, 1.82) is 0 Å². The monoisotopic (exact) mass is 113 g/mol. The van der Waals surface area contributed by atoms with Crippen molar-refractivity contribution < 1.29 is 4.74 Å². The van der Waals surface area contributed by atoms with Crippen molar-refractivity contribution in [3.05, 3.63) is 7.11 Å². The van der Waals surface area contributed by atoms with E-state index in [-0.39, 0.29) is 0 Å². The van der Waals surface area contributed by atoms with Crippen LogP contribution >= 0.6 is 0 Å². The zero-order valence-electron chi connectivity index (χ0n) is 5.44. The fourth-order valence-corrected chi connectivity index (χ4v) is 0.601. The van der Waals surface area contributed by atoms with Crippen LogP contribution in [0.3, 0.4) is 0 Å². The molecule has 0 saturated heterocycles. The lowest BCUT2D eigenvalue weighted by Crippen LogP contribution is -1.85. The van der Waals surface area contributed by atoms with Crippen molar-refractivity contribution in [2.24, 2.45) is 0 Å². The lowest BCUT2D eigenvalue weighted by atomic mass is 10.2. The maximum Gasteiger partial charge on any atom is 0.173 e. The summed E-state index contributed by atoms with van der Waals surface area (Å²) in [4.78, 5) is 0. The zero-order valence-corrected chi connectivity index (χ0v) is 5.44. The third-order valence-electron chi connectivity index (χ3n) is 1.10. The Labute approximate surface area is 52.0 Å². The van der Waals surface area contributed by atoms with Crippen LogP contribution in [0.1, 0.15) is 32.6 Å². The van der Waals surface area contributed by atoms with Crippen molar-refractivity contribution in [2.45, 2.75) is 32.6 Å². The Hall–Kier alpha value is -0.0400. The van der Waals surface area contributed by atoms with E-state index >= 15 is 0 Å². The quantitative estimate of drug-likeness (QED) is 0.496. The van der Waals surface area contributed by atoms with Crippen LogP contribution in [0.15, 0.2) is 0 Å². The van der Waals surface area contributed by atoms with Gasteiger partial charge in [-0.2, -0.15) is 0 Å². The van der Waals surface area contributed by atoms with Crippen LogP contribution in [0.2, 0.25) is 0 Å². The molecule has 0 aliphatic heterocycles. The molecule has 0 atom stereocenters. The standard InChI is InChI=1S/C7H13O/c1-3-4-5-6-7-8-2/h3-7H2,1H3. The number of rotatable bonds is 5. The van der Waals surface area contributed by atoms with Gasteiger partial charge in [0.25, 0.3) is 0 Å². The van der Waals surface area contributed by atoms with Crippen molar-refractivity contribution in [1.82, 2.24) is 0 Å². The Morgan fingerprint density at radius 3 is 2.50 bits per heavy atom. The third kappa shape index (κ3) is 5.96. The molecule has 8 heavy (non-hydrogen) atoms. The molecule has 1 nitrogen and oxygen atoms in total. The summed E-state index contributed by atoms with van der Waals surface area (Å²) in [5.41, 5.74) is 0. The van der Waals surface area contributed by atoms with Gasteiger partial charge >= 0.3 is 0 Å². The van der Waals surface area contributed by atoms with E-state index < -0.39 is 0 Å². The SMILES string of the molecule is [C]OCCCCCC. The van der Waals surface area contributed by atoms with E-state index in [0.717, 1.165) is 6.42 Å². The Balaban J connectivity index is 2.53. The molecule has 0 unspecified atom stereocenters. The van der Waals surface area contributed by atoms with Crippen LogP contribution in [-0.2, 0) is 4.74 Å². The molecule has 0 aromatic rings. The third-order valence-corrected chi connectivity index (χ3v) is 1.10. The summed E-state index contributed by atoms with van der Waals surface area (Å²) in [7, 11) is 6.34. The van der Waals surface area contributed by atoms with Crippen molar-refractivity contribution in [2.75, 3.05) is 6.61 Å². The first-order chi connectivity index (χ1) is 3.91. The summed E-state index contributed by atoms with van der Waals surface area (Å²) >= 11 is 0. The van der Waals surface area contributed by atoms with Gasteiger partial charge in [0.05, 0.1) is 0 Å². The lowest BCUT2D eigenvalue weighted by Gasteiger charge is -1.94. The molecule has 0 bridgehead atoms.